The van der Waals surface area contributed by atoms with Crippen LogP contribution in [0.25, 0.3) is 6.08 Å². The molecule has 1 aliphatic rings. The summed E-state index contributed by atoms with van der Waals surface area (Å²) in [7, 11) is 1.22. The number of rotatable bonds is 5. The number of amides is 2. The molecule has 0 aliphatic carbocycles. The third-order valence-electron chi connectivity index (χ3n) is 4.04. The normalized spacial score (nSPS) is 15.3. The van der Waals surface area contributed by atoms with Gasteiger partial charge < -0.3 is 9.84 Å². The number of hydrogen-bond donors (Lipinski definition) is 1. The standard InChI is InChI=1S/C18H12ClFN2O6S/c1-28-14-6-9(5-13(16(14)23)22(26)27)7-15-17(24)21(18(25)29-15)8-10-11(19)3-2-4-12(10)20/h2-7,23H,8H2,1H3. The summed E-state index contributed by atoms with van der Waals surface area (Å²) in [5, 5.41) is 20.4. The van der Waals surface area contributed by atoms with Crippen LogP contribution in [-0.4, -0.2) is 33.2 Å². The van der Waals surface area contributed by atoms with E-state index in [1.807, 2.05) is 0 Å². The molecule has 1 aliphatic heterocycles. The van der Waals surface area contributed by atoms with Gasteiger partial charge in [-0.05, 0) is 41.6 Å². The smallest absolute Gasteiger partial charge is 0.315 e. The Morgan fingerprint density at radius 3 is 2.72 bits per heavy atom. The van der Waals surface area contributed by atoms with E-state index in [4.69, 9.17) is 16.3 Å². The molecular weight excluding hydrogens is 427 g/mol. The maximum Gasteiger partial charge on any atom is 0.315 e. The molecule has 0 aromatic heterocycles. The molecule has 2 aromatic rings. The zero-order valence-corrected chi connectivity index (χ0v) is 16.3. The number of methoxy groups -OCH3 is 1. The van der Waals surface area contributed by atoms with Crippen LogP contribution in [0.15, 0.2) is 35.2 Å². The van der Waals surface area contributed by atoms with E-state index in [0.29, 0.717) is 11.8 Å². The van der Waals surface area contributed by atoms with Crippen LogP contribution in [0.5, 0.6) is 11.5 Å². The minimum atomic E-state index is -0.804. The van der Waals surface area contributed by atoms with Crippen molar-refractivity contribution >= 4 is 46.3 Å². The van der Waals surface area contributed by atoms with E-state index in [1.165, 1.54) is 31.4 Å². The monoisotopic (exact) mass is 438 g/mol. The van der Waals surface area contributed by atoms with Gasteiger partial charge in [0.05, 0.1) is 23.5 Å². The maximum atomic E-state index is 14.0. The van der Waals surface area contributed by atoms with Crippen LogP contribution in [0.1, 0.15) is 11.1 Å². The van der Waals surface area contributed by atoms with Gasteiger partial charge in [0.25, 0.3) is 11.1 Å². The molecule has 8 nitrogen and oxygen atoms in total. The lowest BCUT2D eigenvalue weighted by Gasteiger charge is -2.14. The Balaban J connectivity index is 1.94. The van der Waals surface area contributed by atoms with Crippen LogP contribution >= 0.6 is 23.4 Å². The third kappa shape index (κ3) is 4.03. The summed E-state index contributed by atoms with van der Waals surface area (Å²) in [6, 6.07) is 6.33. The van der Waals surface area contributed by atoms with Gasteiger partial charge in [0.15, 0.2) is 5.75 Å². The number of aromatic hydroxyl groups is 1. The van der Waals surface area contributed by atoms with Gasteiger partial charge in [0.1, 0.15) is 5.82 Å². The number of hydrogen-bond acceptors (Lipinski definition) is 7. The topological polar surface area (TPSA) is 110 Å². The van der Waals surface area contributed by atoms with Crippen molar-refractivity contribution in [2.45, 2.75) is 6.54 Å². The first-order valence-corrected chi connectivity index (χ1v) is 9.16. The second kappa shape index (κ2) is 8.10. The average molecular weight is 439 g/mol. The summed E-state index contributed by atoms with van der Waals surface area (Å²) >= 11 is 6.55. The Bertz CT molecular complexity index is 1050. The van der Waals surface area contributed by atoms with Crippen molar-refractivity contribution in [3.05, 3.63) is 67.3 Å². The Kier molecular flexibility index (Phi) is 5.76. The van der Waals surface area contributed by atoms with Gasteiger partial charge in [-0.25, -0.2) is 4.39 Å². The quantitative estimate of drug-likeness (QED) is 0.420. The first-order valence-electron chi connectivity index (χ1n) is 7.96. The molecular formula is C18H12ClFN2O6S. The number of phenols is 1. The molecule has 0 spiro atoms. The second-order valence-corrected chi connectivity index (χ2v) is 7.22. The minimum absolute atomic E-state index is 0.000317. The lowest BCUT2D eigenvalue weighted by molar-refractivity contribution is -0.386. The number of nitro groups is 1. The van der Waals surface area contributed by atoms with Crippen LogP contribution < -0.4 is 4.74 Å². The number of halogens is 2. The fraction of sp³-hybridized carbons (Fsp3) is 0.111. The molecule has 0 saturated carbocycles. The van der Waals surface area contributed by atoms with E-state index in [2.05, 4.69) is 0 Å². The fourth-order valence-corrected chi connectivity index (χ4v) is 3.68. The van der Waals surface area contributed by atoms with Gasteiger partial charge in [-0.3, -0.25) is 24.6 Å². The van der Waals surface area contributed by atoms with Crippen molar-refractivity contribution in [1.29, 1.82) is 0 Å². The summed E-state index contributed by atoms with van der Waals surface area (Å²) in [4.78, 5) is 36.0. The summed E-state index contributed by atoms with van der Waals surface area (Å²) in [5.41, 5.74) is -0.451. The lowest BCUT2D eigenvalue weighted by atomic mass is 10.1. The van der Waals surface area contributed by atoms with Gasteiger partial charge in [-0.2, -0.15) is 0 Å². The highest BCUT2D eigenvalue weighted by Gasteiger charge is 2.36. The lowest BCUT2D eigenvalue weighted by Crippen LogP contribution is -2.28. The first kappa shape index (κ1) is 20.6. The van der Waals surface area contributed by atoms with E-state index in [9.17, 15) is 29.2 Å². The predicted molar refractivity (Wildman–Crippen MR) is 104 cm³/mol. The molecule has 29 heavy (non-hydrogen) atoms. The number of ether oxygens (including phenoxy) is 1. The molecule has 11 heteroatoms. The van der Waals surface area contributed by atoms with E-state index in [0.717, 1.165) is 17.0 Å². The molecule has 1 N–H and O–H groups in total. The number of nitro benzene ring substituents is 1. The van der Waals surface area contributed by atoms with Crippen molar-refractivity contribution in [2.24, 2.45) is 0 Å². The number of phenolic OH excluding ortho intramolecular Hbond substituents is 1. The van der Waals surface area contributed by atoms with E-state index in [-0.39, 0.29) is 33.3 Å². The molecule has 1 heterocycles. The van der Waals surface area contributed by atoms with Crippen molar-refractivity contribution < 1.29 is 28.7 Å². The number of benzene rings is 2. The molecule has 3 rings (SSSR count). The van der Waals surface area contributed by atoms with Crippen molar-refractivity contribution in [3.63, 3.8) is 0 Å². The zero-order chi connectivity index (χ0) is 21.3. The molecule has 0 unspecified atom stereocenters. The zero-order valence-electron chi connectivity index (χ0n) is 14.7. The highest BCUT2D eigenvalue weighted by atomic mass is 35.5. The van der Waals surface area contributed by atoms with Crippen molar-refractivity contribution in [3.8, 4) is 11.5 Å². The highest BCUT2D eigenvalue weighted by Crippen LogP contribution is 2.39. The Hall–Kier alpha value is -3.11. The maximum absolute atomic E-state index is 14.0. The summed E-state index contributed by atoms with van der Waals surface area (Å²) < 4.78 is 18.9. The number of nitrogens with zero attached hydrogens (tertiary/aromatic N) is 2. The van der Waals surface area contributed by atoms with Gasteiger partial charge in [-0.1, -0.05) is 17.7 Å². The number of carbonyl (C=O) groups excluding carboxylic acids is 2. The summed E-state index contributed by atoms with van der Waals surface area (Å²) in [6.45, 7) is -0.355. The average Bonchev–Trinajstić information content (AvgIpc) is 2.92. The van der Waals surface area contributed by atoms with Gasteiger partial charge >= 0.3 is 5.69 Å². The van der Waals surface area contributed by atoms with Crippen LogP contribution in [0.2, 0.25) is 5.02 Å². The van der Waals surface area contributed by atoms with Crippen LogP contribution in [0.3, 0.4) is 0 Å². The second-order valence-electron chi connectivity index (χ2n) is 5.82. The largest absolute Gasteiger partial charge is 0.500 e. The van der Waals surface area contributed by atoms with Gasteiger partial charge in [0.2, 0.25) is 5.75 Å². The molecule has 0 radical (unpaired) electrons. The Morgan fingerprint density at radius 2 is 2.10 bits per heavy atom. The van der Waals surface area contributed by atoms with Crippen LogP contribution in [0, 0.1) is 15.9 Å². The van der Waals surface area contributed by atoms with E-state index in [1.54, 1.807) is 0 Å². The van der Waals surface area contributed by atoms with Gasteiger partial charge in [0, 0.05) is 16.7 Å². The van der Waals surface area contributed by atoms with Crippen LogP contribution in [0.4, 0.5) is 14.9 Å². The summed E-state index contributed by atoms with van der Waals surface area (Å²) in [5.74, 6) is -2.17. The Labute approximate surface area is 172 Å². The first-order chi connectivity index (χ1) is 13.7. The molecule has 2 amide bonds. The highest BCUT2D eigenvalue weighted by molar-refractivity contribution is 8.18. The third-order valence-corrected chi connectivity index (χ3v) is 5.30. The Morgan fingerprint density at radius 1 is 1.38 bits per heavy atom. The molecule has 0 atom stereocenters. The SMILES string of the molecule is COc1cc(C=C2SC(=O)N(Cc3c(F)cccc3Cl)C2=O)cc([N+](=O)[O-])c1O. The van der Waals surface area contributed by atoms with E-state index >= 15 is 0 Å². The number of imide groups is 1. The van der Waals surface area contributed by atoms with E-state index < -0.39 is 33.3 Å². The number of thioether (sulfide) groups is 1. The van der Waals surface area contributed by atoms with Crippen molar-refractivity contribution in [2.75, 3.05) is 7.11 Å². The van der Waals surface area contributed by atoms with Crippen molar-refractivity contribution in [1.82, 2.24) is 4.90 Å². The minimum Gasteiger partial charge on any atom is -0.500 e. The molecule has 2 aromatic carbocycles. The fourth-order valence-electron chi connectivity index (χ4n) is 2.62. The summed E-state index contributed by atoms with van der Waals surface area (Å²) in [6.07, 6.45) is 1.25. The number of carbonyl (C=O) groups is 2. The molecule has 0 bridgehead atoms. The predicted octanol–water partition coefficient (Wildman–Crippen LogP) is 4.34. The van der Waals surface area contributed by atoms with Crippen LogP contribution in [-0.2, 0) is 11.3 Å². The molecule has 1 fully saturated rings. The molecule has 1 saturated heterocycles. The molecule has 150 valence electrons. The van der Waals surface area contributed by atoms with Gasteiger partial charge in [-0.15, -0.1) is 0 Å².